The summed E-state index contributed by atoms with van der Waals surface area (Å²) in [5, 5.41) is 0. The highest BCUT2D eigenvalue weighted by atomic mass is 14.3. The van der Waals surface area contributed by atoms with Crippen LogP contribution in [-0.2, 0) is 0 Å². The normalized spacial score (nSPS) is 12.0. The maximum absolute atomic E-state index is 2.34. The quantitative estimate of drug-likeness (QED) is 0.191. The van der Waals surface area contributed by atoms with E-state index >= 15 is 0 Å². The van der Waals surface area contributed by atoms with Gasteiger partial charge in [-0.25, -0.2) is 0 Å². The lowest BCUT2D eigenvalue weighted by Crippen LogP contribution is -2.21. The molecular weight excluding hydrogens is 300 g/mol. The van der Waals surface area contributed by atoms with Crippen LogP contribution in [0.2, 0.25) is 0 Å². The van der Waals surface area contributed by atoms with Crippen molar-refractivity contribution in [1.29, 1.82) is 0 Å². The zero-order valence-electron chi connectivity index (χ0n) is 18.6. The largest absolute Gasteiger partial charge is 0.0654 e. The van der Waals surface area contributed by atoms with Gasteiger partial charge in [-0.1, -0.05) is 130 Å². The molecule has 0 rings (SSSR count). The summed E-state index contributed by atoms with van der Waals surface area (Å²) in [4.78, 5) is 0. The van der Waals surface area contributed by atoms with Crippen LogP contribution in [0, 0.1) is 5.41 Å². The zero-order valence-corrected chi connectivity index (χ0v) is 18.6. The van der Waals surface area contributed by atoms with Crippen molar-refractivity contribution in [3.05, 3.63) is 0 Å². The van der Waals surface area contributed by atoms with E-state index in [1.807, 2.05) is 0 Å². The highest BCUT2D eigenvalue weighted by Gasteiger charge is 2.28. The number of hydrogen-bond donors (Lipinski definition) is 0. The molecule has 0 saturated heterocycles. The molecule has 25 heavy (non-hydrogen) atoms. The summed E-state index contributed by atoms with van der Waals surface area (Å²) in [5.41, 5.74) is 0.697. The standard InChI is InChI=1S/C25H52/c1-5-9-13-17-21-25(22-18-14-10-6-2,23-19-15-11-7-3)24-20-16-12-8-4/h5-24H2,1-4H3. The summed E-state index contributed by atoms with van der Waals surface area (Å²) in [7, 11) is 0. The third kappa shape index (κ3) is 14.8. The van der Waals surface area contributed by atoms with E-state index in [2.05, 4.69) is 27.7 Å². The SMILES string of the molecule is CCCCCCC(CCCCCC)(CCCCCC)CCCCCC. The van der Waals surface area contributed by atoms with E-state index in [1.165, 1.54) is 128 Å². The van der Waals surface area contributed by atoms with Gasteiger partial charge in [0.15, 0.2) is 0 Å². The highest BCUT2D eigenvalue weighted by Crippen LogP contribution is 2.42. The van der Waals surface area contributed by atoms with Gasteiger partial charge in [0, 0.05) is 0 Å². The van der Waals surface area contributed by atoms with Crippen molar-refractivity contribution >= 4 is 0 Å². The minimum Gasteiger partial charge on any atom is -0.0654 e. The van der Waals surface area contributed by atoms with Crippen molar-refractivity contribution in [1.82, 2.24) is 0 Å². The van der Waals surface area contributed by atoms with Gasteiger partial charge in [0.05, 0.1) is 0 Å². The number of unbranched alkanes of at least 4 members (excludes halogenated alkanes) is 12. The van der Waals surface area contributed by atoms with Gasteiger partial charge in [-0.05, 0) is 31.1 Å². The van der Waals surface area contributed by atoms with Gasteiger partial charge in [0.1, 0.15) is 0 Å². The van der Waals surface area contributed by atoms with E-state index in [4.69, 9.17) is 0 Å². The molecule has 0 aliphatic carbocycles. The smallest absolute Gasteiger partial charge is 0.0297 e. The van der Waals surface area contributed by atoms with E-state index in [-0.39, 0.29) is 0 Å². The first-order chi connectivity index (χ1) is 12.2. The molecule has 0 amide bonds. The zero-order chi connectivity index (χ0) is 18.6. The Labute approximate surface area is 161 Å². The Morgan fingerprint density at radius 2 is 0.560 bits per heavy atom. The second-order valence-electron chi connectivity index (χ2n) is 8.74. The third-order valence-electron chi connectivity index (χ3n) is 6.24. The molecule has 0 spiro atoms. The minimum absolute atomic E-state index is 0.697. The molecule has 0 aromatic rings. The third-order valence-corrected chi connectivity index (χ3v) is 6.24. The summed E-state index contributed by atoms with van der Waals surface area (Å²) < 4.78 is 0. The van der Waals surface area contributed by atoms with Crippen LogP contribution in [0.4, 0.5) is 0 Å². The molecular formula is C25H52. The van der Waals surface area contributed by atoms with Crippen molar-refractivity contribution in [3.8, 4) is 0 Å². The van der Waals surface area contributed by atoms with Gasteiger partial charge in [-0.3, -0.25) is 0 Å². The second-order valence-corrected chi connectivity index (χ2v) is 8.74. The predicted octanol–water partition coefficient (Wildman–Crippen LogP) is 9.85. The average molecular weight is 353 g/mol. The topological polar surface area (TPSA) is 0 Å². The lowest BCUT2D eigenvalue weighted by Gasteiger charge is -2.35. The Morgan fingerprint density at radius 3 is 0.760 bits per heavy atom. The summed E-state index contributed by atoms with van der Waals surface area (Å²) >= 11 is 0. The molecule has 0 fully saturated rings. The van der Waals surface area contributed by atoms with Gasteiger partial charge in [0.25, 0.3) is 0 Å². The van der Waals surface area contributed by atoms with E-state index in [0.29, 0.717) is 5.41 Å². The van der Waals surface area contributed by atoms with Crippen LogP contribution in [-0.4, -0.2) is 0 Å². The van der Waals surface area contributed by atoms with E-state index in [1.54, 1.807) is 0 Å². The Kier molecular flexibility index (Phi) is 18.8. The first kappa shape index (κ1) is 25.0. The summed E-state index contributed by atoms with van der Waals surface area (Å²) in [6, 6.07) is 0. The molecule has 0 heterocycles. The van der Waals surface area contributed by atoms with Gasteiger partial charge in [0.2, 0.25) is 0 Å². The predicted molar refractivity (Wildman–Crippen MR) is 117 cm³/mol. The Hall–Kier alpha value is 0. The fourth-order valence-corrected chi connectivity index (χ4v) is 4.46. The molecule has 0 aromatic heterocycles. The minimum atomic E-state index is 0.697. The van der Waals surface area contributed by atoms with Crippen molar-refractivity contribution in [2.45, 2.75) is 156 Å². The fourth-order valence-electron chi connectivity index (χ4n) is 4.46. The van der Waals surface area contributed by atoms with E-state index < -0.39 is 0 Å². The van der Waals surface area contributed by atoms with Crippen LogP contribution in [0.3, 0.4) is 0 Å². The van der Waals surface area contributed by atoms with Crippen LogP contribution in [0.1, 0.15) is 156 Å². The molecule has 0 aromatic carbocycles. The summed E-state index contributed by atoms with van der Waals surface area (Å²) in [6.45, 7) is 9.36. The van der Waals surface area contributed by atoms with E-state index in [0.717, 1.165) is 0 Å². The second kappa shape index (κ2) is 18.8. The maximum atomic E-state index is 2.34. The molecule has 0 radical (unpaired) electrons. The molecule has 0 bridgehead atoms. The average Bonchev–Trinajstić information content (AvgIpc) is 2.63. The fraction of sp³-hybridized carbons (Fsp3) is 1.00. The van der Waals surface area contributed by atoms with Crippen molar-refractivity contribution in [2.75, 3.05) is 0 Å². The molecule has 0 N–H and O–H groups in total. The van der Waals surface area contributed by atoms with Crippen LogP contribution in [0.15, 0.2) is 0 Å². The molecule has 0 saturated carbocycles. The van der Waals surface area contributed by atoms with Crippen LogP contribution in [0.5, 0.6) is 0 Å². The summed E-state index contributed by atoms with van der Waals surface area (Å²) in [5.74, 6) is 0. The Balaban J connectivity index is 4.62. The van der Waals surface area contributed by atoms with Crippen molar-refractivity contribution in [3.63, 3.8) is 0 Å². The molecule has 0 nitrogen and oxygen atoms in total. The van der Waals surface area contributed by atoms with Gasteiger partial charge in [-0.2, -0.15) is 0 Å². The molecule has 0 unspecified atom stereocenters. The van der Waals surface area contributed by atoms with Gasteiger partial charge >= 0.3 is 0 Å². The monoisotopic (exact) mass is 352 g/mol. The molecule has 152 valence electrons. The first-order valence-corrected chi connectivity index (χ1v) is 12.2. The Bertz CT molecular complexity index is 189. The molecule has 0 atom stereocenters. The molecule has 0 aliphatic rings. The van der Waals surface area contributed by atoms with Crippen LogP contribution < -0.4 is 0 Å². The van der Waals surface area contributed by atoms with Crippen LogP contribution in [0.25, 0.3) is 0 Å². The lowest BCUT2D eigenvalue weighted by molar-refractivity contribution is 0.172. The van der Waals surface area contributed by atoms with Gasteiger partial charge in [-0.15, -0.1) is 0 Å². The molecule has 0 heteroatoms. The number of rotatable bonds is 20. The first-order valence-electron chi connectivity index (χ1n) is 12.2. The maximum Gasteiger partial charge on any atom is -0.0297 e. The Morgan fingerprint density at radius 1 is 0.320 bits per heavy atom. The highest BCUT2D eigenvalue weighted by molar-refractivity contribution is 4.80. The van der Waals surface area contributed by atoms with Gasteiger partial charge < -0.3 is 0 Å². The summed E-state index contributed by atoms with van der Waals surface area (Å²) in [6.07, 6.45) is 29.2. The van der Waals surface area contributed by atoms with Crippen LogP contribution >= 0.6 is 0 Å². The van der Waals surface area contributed by atoms with E-state index in [9.17, 15) is 0 Å². The lowest BCUT2D eigenvalue weighted by atomic mass is 9.70. The number of hydrogen-bond acceptors (Lipinski definition) is 0. The molecule has 0 aliphatic heterocycles. The van der Waals surface area contributed by atoms with Crippen molar-refractivity contribution < 1.29 is 0 Å². The van der Waals surface area contributed by atoms with Crippen molar-refractivity contribution in [2.24, 2.45) is 5.41 Å².